The molecule has 0 spiro atoms. The van der Waals surface area contributed by atoms with E-state index in [9.17, 15) is 18.0 Å². The molecule has 0 unspecified atom stereocenters. The van der Waals surface area contributed by atoms with Gasteiger partial charge in [-0.1, -0.05) is 18.2 Å². The molecule has 0 radical (unpaired) electrons. The Kier molecular flexibility index (Phi) is 3.83. The van der Waals surface area contributed by atoms with Gasteiger partial charge in [0.1, 0.15) is 12.1 Å². The second kappa shape index (κ2) is 5.94. The molecule has 3 heterocycles. The first-order chi connectivity index (χ1) is 12.4. The highest BCUT2D eigenvalue weighted by Crippen LogP contribution is 2.26. The van der Waals surface area contributed by atoms with Crippen molar-refractivity contribution >= 4 is 37.6 Å². The number of aryl methyl sites for hydroxylation is 1. The van der Waals surface area contributed by atoms with Crippen LogP contribution in [-0.2, 0) is 28.2 Å². The van der Waals surface area contributed by atoms with Crippen molar-refractivity contribution in [2.24, 2.45) is 7.05 Å². The van der Waals surface area contributed by atoms with E-state index >= 15 is 0 Å². The standard InChI is InChI=1S/C17H18N4O4S/c1-20-17(23)16-13(8-18-20)12-4-2-3-5-14(12)21(16)9-15(22)19-11-6-7-26(24,25)10-11/h2-5,8,11H,6-7,9-10H2,1H3,(H,19,22)/t11-/m0/s1. The predicted molar refractivity (Wildman–Crippen MR) is 97.7 cm³/mol. The van der Waals surface area contributed by atoms with Crippen LogP contribution in [0.4, 0.5) is 0 Å². The highest BCUT2D eigenvalue weighted by molar-refractivity contribution is 7.91. The maximum atomic E-state index is 12.6. The molecule has 1 fully saturated rings. The van der Waals surface area contributed by atoms with Crippen molar-refractivity contribution in [3.63, 3.8) is 0 Å². The largest absolute Gasteiger partial charge is 0.351 e. The number of nitrogens with one attached hydrogen (secondary N) is 1. The number of nitrogens with zero attached hydrogens (tertiary/aromatic N) is 3. The number of para-hydroxylation sites is 1. The Balaban J connectivity index is 1.74. The molecule has 3 aromatic rings. The normalized spacial score (nSPS) is 19.2. The van der Waals surface area contributed by atoms with Gasteiger partial charge in [-0.25, -0.2) is 13.1 Å². The molecule has 1 N–H and O–H groups in total. The molecule has 8 nitrogen and oxygen atoms in total. The number of benzene rings is 1. The van der Waals surface area contributed by atoms with Crippen LogP contribution in [0.5, 0.6) is 0 Å². The first-order valence-electron chi connectivity index (χ1n) is 8.29. The quantitative estimate of drug-likeness (QED) is 0.705. The molecule has 1 saturated heterocycles. The van der Waals surface area contributed by atoms with E-state index in [1.165, 1.54) is 4.68 Å². The third kappa shape index (κ3) is 2.78. The monoisotopic (exact) mass is 374 g/mol. The van der Waals surface area contributed by atoms with Crippen molar-refractivity contribution < 1.29 is 13.2 Å². The first kappa shape index (κ1) is 16.8. The molecule has 0 bridgehead atoms. The van der Waals surface area contributed by atoms with E-state index in [0.717, 1.165) is 10.9 Å². The minimum atomic E-state index is -3.07. The SMILES string of the molecule is Cn1ncc2c3ccccc3n(CC(=O)N[C@H]3CCS(=O)(=O)C3)c2c1=O. The van der Waals surface area contributed by atoms with Gasteiger partial charge in [-0.05, 0) is 12.5 Å². The van der Waals surface area contributed by atoms with Gasteiger partial charge in [0.25, 0.3) is 5.56 Å². The van der Waals surface area contributed by atoms with Gasteiger partial charge in [-0.2, -0.15) is 5.10 Å². The number of hydrogen-bond donors (Lipinski definition) is 1. The van der Waals surface area contributed by atoms with Gasteiger partial charge in [0.2, 0.25) is 5.91 Å². The van der Waals surface area contributed by atoms with Crippen molar-refractivity contribution in [3.05, 3.63) is 40.8 Å². The fourth-order valence-corrected chi connectivity index (χ4v) is 5.20. The minimum Gasteiger partial charge on any atom is -0.351 e. The zero-order valence-electron chi connectivity index (χ0n) is 14.2. The molecule has 1 amide bonds. The molecule has 1 aromatic carbocycles. The lowest BCUT2D eigenvalue weighted by Crippen LogP contribution is -2.38. The highest BCUT2D eigenvalue weighted by Gasteiger charge is 2.29. The molecule has 4 rings (SSSR count). The van der Waals surface area contributed by atoms with E-state index in [0.29, 0.717) is 17.3 Å². The number of hydrogen-bond acceptors (Lipinski definition) is 5. The molecule has 1 aliphatic rings. The Hall–Kier alpha value is -2.68. The van der Waals surface area contributed by atoms with Gasteiger partial charge in [-0.15, -0.1) is 0 Å². The molecule has 26 heavy (non-hydrogen) atoms. The number of carbonyl (C=O) groups excluding carboxylic acids is 1. The van der Waals surface area contributed by atoms with E-state index < -0.39 is 9.84 Å². The van der Waals surface area contributed by atoms with Crippen LogP contribution >= 0.6 is 0 Å². The topological polar surface area (TPSA) is 103 Å². The summed E-state index contributed by atoms with van der Waals surface area (Å²) in [5.41, 5.74) is 0.898. The van der Waals surface area contributed by atoms with Crippen molar-refractivity contribution in [1.82, 2.24) is 19.7 Å². The lowest BCUT2D eigenvalue weighted by atomic mass is 10.2. The summed E-state index contributed by atoms with van der Waals surface area (Å²) in [6, 6.07) is 7.08. The molecule has 9 heteroatoms. The lowest BCUT2D eigenvalue weighted by molar-refractivity contribution is -0.122. The average Bonchev–Trinajstić information content (AvgIpc) is 3.09. The van der Waals surface area contributed by atoms with Crippen molar-refractivity contribution in [2.75, 3.05) is 11.5 Å². The Labute approximate surface area is 149 Å². The number of carbonyl (C=O) groups is 1. The van der Waals surface area contributed by atoms with Crippen LogP contribution in [0.3, 0.4) is 0 Å². The fraction of sp³-hybridized carbons (Fsp3) is 0.353. The number of sulfone groups is 1. The summed E-state index contributed by atoms with van der Waals surface area (Å²) < 4.78 is 26.0. The molecule has 1 aliphatic heterocycles. The second-order valence-electron chi connectivity index (χ2n) is 6.61. The third-order valence-corrected chi connectivity index (χ3v) is 6.53. The molecule has 0 aliphatic carbocycles. The number of amides is 1. The Morgan fingerprint density at radius 2 is 2.08 bits per heavy atom. The zero-order valence-corrected chi connectivity index (χ0v) is 15.0. The van der Waals surface area contributed by atoms with Crippen LogP contribution in [0.15, 0.2) is 35.3 Å². The lowest BCUT2D eigenvalue weighted by Gasteiger charge is -2.12. The molecule has 136 valence electrons. The van der Waals surface area contributed by atoms with E-state index in [1.54, 1.807) is 17.8 Å². The molecule has 2 aromatic heterocycles. The Morgan fingerprint density at radius 1 is 1.31 bits per heavy atom. The van der Waals surface area contributed by atoms with Crippen LogP contribution in [0.2, 0.25) is 0 Å². The molecular weight excluding hydrogens is 356 g/mol. The van der Waals surface area contributed by atoms with Gasteiger partial charge in [-0.3, -0.25) is 9.59 Å². The van der Waals surface area contributed by atoms with Crippen LogP contribution in [0.1, 0.15) is 6.42 Å². The Bertz CT molecular complexity index is 1190. The van der Waals surface area contributed by atoms with Gasteiger partial charge in [0, 0.05) is 29.4 Å². The summed E-state index contributed by atoms with van der Waals surface area (Å²) in [5.74, 6) is -0.245. The average molecular weight is 374 g/mol. The minimum absolute atomic E-state index is 0.0302. The number of fused-ring (bicyclic) bond motifs is 3. The summed E-state index contributed by atoms with van der Waals surface area (Å²) in [4.78, 5) is 25.1. The number of rotatable bonds is 3. The van der Waals surface area contributed by atoms with E-state index in [2.05, 4.69) is 10.4 Å². The second-order valence-corrected chi connectivity index (χ2v) is 8.84. The van der Waals surface area contributed by atoms with E-state index in [1.807, 2.05) is 24.3 Å². The summed E-state index contributed by atoms with van der Waals surface area (Å²) >= 11 is 0. The zero-order chi connectivity index (χ0) is 18.5. The molecular formula is C17H18N4O4S. The smallest absolute Gasteiger partial charge is 0.291 e. The van der Waals surface area contributed by atoms with Crippen LogP contribution < -0.4 is 10.9 Å². The van der Waals surface area contributed by atoms with Gasteiger partial charge < -0.3 is 9.88 Å². The molecule has 0 saturated carbocycles. The summed E-state index contributed by atoms with van der Waals surface area (Å²) in [6.45, 7) is -0.0557. The Morgan fingerprint density at radius 3 is 2.81 bits per heavy atom. The van der Waals surface area contributed by atoms with Gasteiger partial charge in [0.15, 0.2) is 9.84 Å². The summed E-state index contributed by atoms with van der Waals surface area (Å²) in [5, 5.41) is 8.39. The first-order valence-corrected chi connectivity index (χ1v) is 10.1. The van der Waals surface area contributed by atoms with Crippen molar-refractivity contribution in [1.29, 1.82) is 0 Å². The van der Waals surface area contributed by atoms with E-state index in [-0.39, 0.29) is 35.6 Å². The van der Waals surface area contributed by atoms with Crippen LogP contribution in [-0.4, -0.2) is 46.2 Å². The highest BCUT2D eigenvalue weighted by atomic mass is 32.2. The maximum Gasteiger partial charge on any atom is 0.291 e. The van der Waals surface area contributed by atoms with Crippen LogP contribution in [0.25, 0.3) is 21.8 Å². The maximum absolute atomic E-state index is 12.6. The number of aromatic nitrogens is 3. The third-order valence-electron chi connectivity index (χ3n) is 4.77. The molecule has 1 atom stereocenters. The summed E-state index contributed by atoms with van der Waals surface area (Å²) in [7, 11) is -1.51. The van der Waals surface area contributed by atoms with Crippen molar-refractivity contribution in [3.8, 4) is 0 Å². The fourth-order valence-electron chi connectivity index (χ4n) is 3.53. The van der Waals surface area contributed by atoms with E-state index in [4.69, 9.17) is 0 Å². The van der Waals surface area contributed by atoms with Crippen molar-refractivity contribution in [2.45, 2.75) is 19.0 Å². The summed E-state index contributed by atoms with van der Waals surface area (Å²) in [6.07, 6.45) is 2.05. The van der Waals surface area contributed by atoms with Gasteiger partial charge >= 0.3 is 0 Å². The predicted octanol–water partition coefficient (Wildman–Crippen LogP) is 0.191. The van der Waals surface area contributed by atoms with Gasteiger partial charge in [0.05, 0.1) is 17.7 Å². The van der Waals surface area contributed by atoms with Crippen LogP contribution in [0, 0.1) is 0 Å².